The minimum atomic E-state index is 0.500. The van der Waals surface area contributed by atoms with Crippen molar-refractivity contribution < 1.29 is 4.74 Å². The Morgan fingerprint density at radius 1 is 1.35 bits per heavy atom. The van der Waals surface area contributed by atoms with Gasteiger partial charge in [0, 0.05) is 0 Å². The molecule has 0 unspecified atom stereocenters. The van der Waals surface area contributed by atoms with E-state index in [1.807, 2.05) is 31.2 Å². The minimum Gasteiger partial charge on any atom is -0.497 e. The van der Waals surface area contributed by atoms with Gasteiger partial charge < -0.3 is 10.5 Å². The minimum absolute atomic E-state index is 0.500. The van der Waals surface area contributed by atoms with E-state index in [9.17, 15) is 0 Å². The number of benzene rings is 1. The molecule has 2 aromatic rings. The number of hydrogen-bond donors (Lipinski definition) is 1. The van der Waals surface area contributed by atoms with Crippen LogP contribution in [-0.4, -0.2) is 16.9 Å². The summed E-state index contributed by atoms with van der Waals surface area (Å²) in [5.41, 5.74) is 7.69. The zero-order chi connectivity index (χ0) is 12.4. The second-order valence-corrected chi connectivity index (χ2v) is 4.17. The van der Waals surface area contributed by atoms with Gasteiger partial charge in [0.2, 0.25) is 0 Å². The number of halogens is 1. The van der Waals surface area contributed by atoms with Crippen LogP contribution in [0.1, 0.15) is 11.3 Å². The first-order valence-electron chi connectivity index (χ1n) is 5.23. The molecular weight excluding hydrogens is 238 g/mol. The van der Waals surface area contributed by atoms with Gasteiger partial charge in [0.05, 0.1) is 19.3 Å². The van der Waals surface area contributed by atoms with Crippen molar-refractivity contribution in [1.29, 1.82) is 0 Å². The fraction of sp³-hybridized carbons (Fsp3) is 0.250. The molecule has 0 atom stereocenters. The summed E-state index contributed by atoms with van der Waals surface area (Å²) in [6, 6.07) is 7.76. The first kappa shape index (κ1) is 11.8. The van der Waals surface area contributed by atoms with Gasteiger partial charge in [-0.3, -0.25) is 0 Å². The van der Waals surface area contributed by atoms with E-state index in [1.54, 1.807) is 11.8 Å². The van der Waals surface area contributed by atoms with E-state index in [0.29, 0.717) is 17.4 Å². The molecule has 2 rings (SSSR count). The number of aromatic nitrogens is 2. The van der Waals surface area contributed by atoms with Crippen molar-refractivity contribution in [3.05, 3.63) is 40.5 Å². The molecule has 0 aliphatic carbocycles. The number of nitrogens with two attached hydrogens (primary N) is 1. The molecule has 90 valence electrons. The summed E-state index contributed by atoms with van der Waals surface area (Å²) < 4.78 is 6.79. The Labute approximate surface area is 105 Å². The normalized spacial score (nSPS) is 10.5. The molecule has 4 nitrogen and oxygen atoms in total. The van der Waals surface area contributed by atoms with E-state index in [-0.39, 0.29) is 0 Å². The van der Waals surface area contributed by atoms with Crippen LogP contribution in [0, 0.1) is 6.92 Å². The Hall–Kier alpha value is -1.68. The second kappa shape index (κ2) is 4.67. The van der Waals surface area contributed by atoms with E-state index in [2.05, 4.69) is 5.10 Å². The van der Waals surface area contributed by atoms with Gasteiger partial charge in [0.1, 0.15) is 16.6 Å². The first-order valence-corrected chi connectivity index (χ1v) is 5.61. The predicted octanol–water partition coefficient (Wildman–Crippen LogP) is 2.48. The van der Waals surface area contributed by atoms with Crippen LogP contribution in [0.4, 0.5) is 5.82 Å². The Kier molecular flexibility index (Phi) is 3.24. The zero-order valence-corrected chi connectivity index (χ0v) is 10.5. The Morgan fingerprint density at radius 3 is 2.47 bits per heavy atom. The lowest BCUT2D eigenvalue weighted by molar-refractivity contribution is 0.414. The van der Waals surface area contributed by atoms with Gasteiger partial charge in [-0.15, -0.1) is 0 Å². The SMILES string of the molecule is COc1ccc(Cn2nc(C)c(Cl)c2N)cc1. The van der Waals surface area contributed by atoms with Crippen LogP contribution >= 0.6 is 11.6 Å². The maximum absolute atomic E-state index is 5.98. The van der Waals surface area contributed by atoms with E-state index in [4.69, 9.17) is 22.1 Å². The standard InChI is InChI=1S/C12H14ClN3O/c1-8-11(13)12(14)16(15-8)7-9-3-5-10(17-2)6-4-9/h3-6H,7,14H2,1-2H3. The highest BCUT2D eigenvalue weighted by molar-refractivity contribution is 6.33. The predicted molar refractivity (Wildman–Crippen MR) is 68.5 cm³/mol. The second-order valence-electron chi connectivity index (χ2n) is 3.79. The molecule has 0 fully saturated rings. The number of aryl methyl sites for hydroxylation is 1. The number of anilines is 1. The summed E-state index contributed by atoms with van der Waals surface area (Å²) in [5.74, 6) is 1.33. The molecule has 1 aromatic heterocycles. The van der Waals surface area contributed by atoms with Gasteiger partial charge in [-0.2, -0.15) is 5.10 Å². The summed E-state index contributed by atoms with van der Waals surface area (Å²) in [6.45, 7) is 2.44. The van der Waals surface area contributed by atoms with Gasteiger partial charge in [-0.05, 0) is 24.6 Å². The van der Waals surface area contributed by atoms with Crippen LogP contribution in [0.2, 0.25) is 5.02 Å². The van der Waals surface area contributed by atoms with Gasteiger partial charge in [-0.25, -0.2) is 4.68 Å². The third-order valence-corrected chi connectivity index (χ3v) is 3.05. The Bertz CT molecular complexity index is 519. The van der Waals surface area contributed by atoms with Gasteiger partial charge >= 0.3 is 0 Å². The molecule has 1 aromatic carbocycles. The van der Waals surface area contributed by atoms with Crippen molar-refractivity contribution in [3.8, 4) is 5.75 Å². The Morgan fingerprint density at radius 2 is 2.00 bits per heavy atom. The monoisotopic (exact) mass is 251 g/mol. The van der Waals surface area contributed by atoms with Crippen molar-refractivity contribution in [2.75, 3.05) is 12.8 Å². The van der Waals surface area contributed by atoms with Crippen LogP contribution in [0.15, 0.2) is 24.3 Å². The van der Waals surface area contributed by atoms with Crippen LogP contribution in [-0.2, 0) is 6.54 Å². The van der Waals surface area contributed by atoms with Crippen LogP contribution in [0.25, 0.3) is 0 Å². The fourth-order valence-electron chi connectivity index (χ4n) is 1.60. The molecule has 0 saturated carbocycles. The van der Waals surface area contributed by atoms with Gasteiger partial charge in [0.25, 0.3) is 0 Å². The molecule has 0 aliphatic heterocycles. The van der Waals surface area contributed by atoms with E-state index >= 15 is 0 Å². The largest absolute Gasteiger partial charge is 0.497 e. The van der Waals surface area contributed by atoms with Crippen molar-refractivity contribution in [2.24, 2.45) is 0 Å². The maximum atomic E-state index is 5.98. The summed E-state index contributed by atoms with van der Waals surface area (Å²) in [7, 11) is 1.64. The van der Waals surface area contributed by atoms with Crippen LogP contribution < -0.4 is 10.5 Å². The van der Waals surface area contributed by atoms with Gasteiger partial charge in [0.15, 0.2) is 0 Å². The number of nitrogens with zero attached hydrogens (tertiary/aromatic N) is 2. The molecule has 0 aliphatic rings. The van der Waals surface area contributed by atoms with E-state index < -0.39 is 0 Å². The van der Waals surface area contributed by atoms with Crippen molar-refractivity contribution in [1.82, 2.24) is 9.78 Å². The fourth-order valence-corrected chi connectivity index (χ4v) is 1.74. The highest BCUT2D eigenvalue weighted by atomic mass is 35.5. The van der Waals surface area contributed by atoms with Crippen LogP contribution in [0.3, 0.4) is 0 Å². The zero-order valence-electron chi connectivity index (χ0n) is 9.77. The highest BCUT2D eigenvalue weighted by Gasteiger charge is 2.10. The third kappa shape index (κ3) is 2.36. The number of hydrogen-bond acceptors (Lipinski definition) is 3. The molecule has 0 saturated heterocycles. The average Bonchev–Trinajstić information content (AvgIpc) is 2.58. The summed E-state index contributed by atoms with van der Waals surface area (Å²) in [5, 5.41) is 4.80. The van der Waals surface area contributed by atoms with E-state index in [0.717, 1.165) is 17.0 Å². The lowest BCUT2D eigenvalue weighted by atomic mass is 10.2. The molecule has 0 spiro atoms. The molecular formula is C12H14ClN3O. The van der Waals surface area contributed by atoms with Crippen molar-refractivity contribution in [2.45, 2.75) is 13.5 Å². The number of rotatable bonds is 3. The molecule has 0 radical (unpaired) electrons. The van der Waals surface area contributed by atoms with Crippen LogP contribution in [0.5, 0.6) is 5.75 Å². The molecule has 5 heteroatoms. The lowest BCUT2D eigenvalue weighted by Gasteiger charge is -2.05. The smallest absolute Gasteiger partial charge is 0.141 e. The molecule has 2 N–H and O–H groups in total. The molecule has 0 amide bonds. The van der Waals surface area contributed by atoms with E-state index in [1.165, 1.54) is 0 Å². The highest BCUT2D eigenvalue weighted by Crippen LogP contribution is 2.23. The number of ether oxygens (including phenoxy) is 1. The van der Waals surface area contributed by atoms with Crippen molar-refractivity contribution in [3.63, 3.8) is 0 Å². The quantitative estimate of drug-likeness (QED) is 0.912. The number of nitrogen functional groups attached to an aromatic ring is 1. The first-order chi connectivity index (χ1) is 8.11. The summed E-state index contributed by atoms with van der Waals surface area (Å²) in [4.78, 5) is 0. The third-order valence-electron chi connectivity index (χ3n) is 2.58. The van der Waals surface area contributed by atoms with Crippen molar-refractivity contribution >= 4 is 17.4 Å². The molecule has 0 bridgehead atoms. The molecule has 1 heterocycles. The average molecular weight is 252 g/mol. The summed E-state index contributed by atoms with van der Waals surface area (Å²) in [6.07, 6.45) is 0. The lowest BCUT2D eigenvalue weighted by Crippen LogP contribution is -2.05. The Balaban J connectivity index is 2.22. The summed E-state index contributed by atoms with van der Waals surface area (Å²) >= 11 is 5.98. The molecule has 17 heavy (non-hydrogen) atoms. The number of methoxy groups -OCH3 is 1. The maximum Gasteiger partial charge on any atom is 0.141 e. The topological polar surface area (TPSA) is 53.1 Å². The van der Waals surface area contributed by atoms with Gasteiger partial charge in [-0.1, -0.05) is 23.7 Å².